The molecule has 0 N–H and O–H groups in total. The van der Waals surface area contributed by atoms with E-state index in [4.69, 9.17) is 0 Å². The topological polar surface area (TPSA) is 0 Å². The summed E-state index contributed by atoms with van der Waals surface area (Å²) in [5.41, 5.74) is 1.33. The quantitative estimate of drug-likeness (QED) is 0.375. The fraction of sp³-hybridized carbons (Fsp3) is 0.667. The monoisotopic (exact) mass is 164 g/mol. The van der Waals surface area contributed by atoms with Crippen molar-refractivity contribution < 1.29 is 32.7 Å². The Morgan fingerprint density at radius 2 is 1.40 bits per heavy atom. The fourth-order valence-corrected chi connectivity index (χ4v) is 0. The standard InChI is InChI=1S/C3H8P.Y/c1-3(2)4;/h4H2,1-2H3;/q-1;. The Kier molecular flexibility index (Phi) is 10.8. The van der Waals surface area contributed by atoms with Crippen molar-refractivity contribution in [2.75, 3.05) is 0 Å². The summed E-state index contributed by atoms with van der Waals surface area (Å²) in [5, 5.41) is 0. The predicted molar refractivity (Wildman–Crippen MR) is 24.3 cm³/mol. The molecule has 29 valence electrons. The third kappa shape index (κ3) is 29.4. The van der Waals surface area contributed by atoms with Gasteiger partial charge in [-0.05, 0) is 0 Å². The maximum Gasteiger partial charge on any atom is 0 e. The molecule has 5 heavy (non-hydrogen) atoms. The SMILES string of the molecule is C[C-](C)P.[Y]. The van der Waals surface area contributed by atoms with Crippen molar-refractivity contribution in [2.24, 2.45) is 0 Å². The van der Waals surface area contributed by atoms with Gasteiger partial charge in [-0.15, -0.1) is 0 Å². The van der Waals surface area contributed by atoms with Crippen LogP contribution in [0.25, 0.3) is 0 Å². The van der Waals surface area contributed by atoms with Crippen LogP contribution >= 0.6 is 9.24 Å². The maximum absolute atomic E-state index is 2.57. The van der Waals surface area contributed by atoms with Gasteiger partial charge < -0.3 is 0 Å². The van der Waals surface area contributed by atoms with Gasteiger partial charge in [0.05, 0.1) is 0 Å². The fourth-order valence-electron chi connectivity index (χ4n) is 0. The Hall–Kier alpha value is 1.53. The van der Waals surface area contributed by atoms with Gasteiger partial charge in [0.25, 0.3) is 0 Å². The zero-order valence-electron chi connectivity index (χ0n) is 3.65. The molecule has 0 saturated heterocycles. The molecular weight excluding hydrogens is 156 g/mol. The molecule has 0 saturated carbocycles. The molecule has 0 aromatic rings. The second-order valence-corrected chi connectivity index (χ2v) is 2.23. The Morgan fingerprint density at radius 3 is 1.40 bits per heavy atom. The predicted octanol–water partition coefficient (Wildman–Crippen LogP) is 1.43. The molecule has 0 amide bonds. The summed E-state index contributed by atoms with van der Waals surface area (Å²) in [6.45, 7) is 4.09. The summed E-state index contributed by atoms with van der Waals surface area (Å²) >= 11 is 0. The minimum absolute atomic E-state index is 0. The van der Waals surface area contributed by atoms with Crippen molar-refractivity contribution in [3.8, 4) is 0 Å². The average molecular weight is 164 g/mol. The Labute approximate surface area is 61.2 Å². The van der Waals surface area contributed by atoms with Crippen LogP contribution in [0.15, 0.2) is 0 Å². The molecule has 0 bridgehead atoms. The van der Waals surface area contributed by atoms with E-state index in [1.54, 1.807) is 0 Å². The van der Waals surface area contributed by atoms with E-state index in [1.807, 2.05) is 13.8 Å². The van der Waals surface area contributed by atoms with E-state index >= 15 is 0 Å². The summed E-state index contributed by atoms with van der Waals surface area (Å²) in [6.07, 6.45) is 0. The average Bonchev–Trinajstić information content (AvgIpc) is 0.811. The first-order valence-electron chi connectivity index (χ1n) is 1.29. The van der Waals surface area contributed by atoms with Crippen LogP contribution in [0.3, 0.4) is 0 Å². The molecule has 0 nitrogen and oxygen atoms in total. The van der Waals surface area contributed by atoms with Crippen LogP contribution in [0.4, 0.5) is 0 Å². The van der Waals surface area contributed by atoms with Crippen LogP contribution in [0.5, 0.6) is 0 Å². The minimum atomic E-state index is 0. The number of hydrogen-bond donors (Lipinski definition) is 0. The van der Waals surface area contributed by atoms with Crippen LogP contribution in [0.1, 0.15) is 13.8 Å². The van der Waals surface area contributed by atoms with Gasteiger partial charge >= 0.3 is 0 Å². The largest absolute Gasteiger partial charge is 0.299 e. The maximum atomic E-state index is 2.57. The van der Waals surface area contributed by atoms with E-state index in [2.05, 4.69) is 9.24 Å². The molecule has 0 aliphatic carbocycles. The Bertz CT molecular complexity index is 11.6. The van der Waals surface area contributed by atoms with Gasteiger partial charge in [0, 0.05) is 32.7 Å². The Balaban J connectivity index is 0. The van der Waals surface area contributed by atoms with Gasteiger partial charge in [-0.2, -0.15) is 13.8 Å². The first kappa shape index (κ1) is 9.73. The summed E-state index contributed by atoms with van der Waals surface area (Å²) in [5.74, 6) is 0. The van der Waals surface area contributed by atoms with Crippen molar-refractivity contribution in [3.05, 3.63) is 5.66 Å². The molecule has 1 atom stereocenters. The smallest absolute Gasteiger partial charge is 0 e. The third-order valence-corrected chi connectivity index (χ3v) is 0. The molecule has 2 heteroatoms. The molecule has 0 aromatic heterocycles. The van der Waals surface area contributed by atoms with Crippen LogP contribution in [0.2, 0.25) is 0 Å². The zero-order valence-corrected chi connectivity index (χ0v) is 7.65. The van der Waals surface area contributed by atoms with E-state index in [9.17, 15) is 0 Å². The molecule has 0 spiro atoms. The van der Waals surface area contributed by atoms with Gasteiger partial charge in [-0.25, -0.2) is 0 Å². The Morgan fingerprint density at radius 1 is 1.40 bits per heavy atom. The van der Waals surface area contributed by atoms with E-state index in [0.717, 1.165) is 0 Å². The number of hydrogen-bond acceptors (Lipinski definition) is 0. The van der Waals surface area contributed by atoms with Crippen molar-refractivity contribution in [1.82, 2.24) is 0 Å². The van der Waals surface area contributed by atoms with Crippen LogP contribution in [-0.2, 0) is 32.7 Å². The summed E-state index contributed by atoms with van der Waals surface area (Å²) < 4.78 is 0. The molecule has 0 rings (SSSR count). The second-order valence-electron chi connectivity index (χ2n) is 1.08. The number of rotatable bonds is 0. The molecule has 0 fully saturated rings. The van der Waals surface area contributed by atoms with Crippen LogP contribution in [0, 0.1) is 5.66 Å². The van der Waals surface area contributed by atoms with Crippen LogP contribution in [-0.4, -0.2) is 0 Å². The van der Waals surface area contributed by atoms with Gasteiger partial charge in [-0.3, -0.25) is 14.9 Å². The van der Waals surface area contributed by atoms with Crippen molar-refractivity contribution in [2.45, 2.75) is 13.8 Å². The van der Waals surface area contributed by atoms with Gasteiger partial charge in [-0.1, -0.05) is 0 Å². The van der Waals surface area contributed by atoms with Gasteiger partial charge in [0.2, 0.25) is 0 Å². The molecule has 1 radical (unpaired) electrons. The van der Waals surface area contributed by atoms with Gasteiger partial charge in [0.15, 0.2) is 0 Å². The van der Waals surface area contributed by atoms with E-state index < -0.39 is 0 Å². The summed E-state index contributed by atoms with van der Waals surface area (Å²) in [6, 6.07) is 0. The molecule has 0 aromatic carbocycles. The molecule has 0 aliphatic heterocycles. The minimum Gasteiger partial charge on any atom is -0.299 e. The van der Waals surface area contributed by atoms with Crippen molar-refractivity contribution >= 4 is 9.24 Å². The third-order valence-electron chi connectivity index (χ3n) is 0. The van der Waals surface area contributed by atoms with Crippen molar-refractivity contribution in [1.29, 1.82) is 0 Å². The van der Waals surface area contributed by atoms with Crippen LogP contribution < -0.4 is 0 Å². The van der Waals surface area contributed by atoms with E-state index in [1.165, 1.54) is 5.66 Å². The second kappa shape index (κ2) is 5.53. The first-order valence-corrected chi connectivity index (χ1v) is 1.87. The van der Waals surface area contributed by atoms with Gasteiger partial charge in [0.1, 0.15) is 0 Å². The van der Waals surface area contributed by atoms with E-state index in [-0.39, 0.29) is 32.7 Å². The normalized spacial score (nSPS) is 7.20. The molecule has 1 unspecified atom stereocenters. The summed E-state index contributed by atoms with van der Waals surface area (Å²) in [7, 11) is 2.57. The first-order chi connectivity index (χ1) is 1.73. The molecule has 0 aliphatic rings. The molecule has 0 heterocycles. The van der Waals surface area contributed by atoms with E-state index in [0.29, 0.717) is 0 Å². The van der Waals surface area contributed by atoms with Crippen molar-refractivity contribution in [3.63, 3.8) is 0 Å². The zero-order chi connectivity index (χ0) is 3.58. The summed E-state index contributed by atoms with van der Waals surface area (Å²) in [4.78, 5) is 0. The molecular formula is C3H8PY-.